The van der Waals surface area contributed by atoms with Gasteiger partial charge in [-0.2, -0.15) is 8.78 Å². The summed E-state index contributed by atoms with van der Waals surface area (Å²) in [6, 6.07) is 8.38. The molecule has 8 heteroatoms. The van der Waals surface area contributed by atoms with E-state index in [2.05, 4.69) is 10.1 Å². The van der Waals surface area contributed by atoms with Gasteiger partial charge in [-0.15, -0.1) is 11.3 Å². The van der Waals surface area contributed by atoms with Crippen LogP contribution in [0.4, 0.5) is 8.78 Å². The monoisotopic (exact) mass is 339 g/mol. The Morgan fingerprint density at radius 1 is 1.22 bits per heavy atom. The highest BCUT2D eigenvalue weighted by molar-refractivity contribution is 7.10. The summed E-state index contributed by atoms with van der Waals surface area (Å²) in [4.78, 5) is 23.9. The van der Waals surface area contributed by atoms with Crippen LogP contribution < -0.4 is 10.1 Å². The fourth-order valence-corrected chi connectivity index (χ4v) is 2.31. The molecule has 0 aliphatic rings. The number of benzene rings is 1. The minimum atomic E-state index is -2.96. The maximum absolute atomic E-state index is 12.0. The van der Waals surface area contributed by atoms with Gasteiger partial charge in [-0.3, -0.25) is 4.79 Å². The van der Waals surface area contributed by atoms with Crippen LogP contribution in [0.2, 0.25) is 0 Å². The summed E-state index contributed by atoms with van der Waals surface area (Å²) in [6.07, 6.45) is 1.33. The van der Waals surface area contributed by atoms with Crippen LogP contribution in [0.3, 0.4) is 0 Å². The van der Waals surface area contributed by atoms with E-state index in [0.717, 1.165) is 0 Å². The molecule has 1 aromatic heterocycles. The second-order valence-corrected chi connectivity index (χ2v) is 5.21. The normalized spacial score (nSPS) is 11.3. The summed E-state index contributed by atoms with van der Waals surface area (Å²) >= 11 is 1.32. The summed E-state index contributed by atoms with van der Waals surface area (Å²) in [5.41, 5.74) is -0.171. The zero-order chi connectivity index (χ0) is 16.8. The molecule has 120 valence electrons. The molecule has 1 aromatic carbocycles. The summed E-state index contributed by atoms with van der Waals surface area (Å²) < 4.78 is 28.3. The Hall–Kier alpha value is -2.74. The van der Waals surface area contributed by atoms with Crippen LogP contribution in [-0.2, 0) is 4.79 Å². The van der Waals surface area contributed by atoms with Gasteiger partial charge in [0.25, 0.3) is 5.91 Å². The lowest BCUT2D eigenvalue weighted by molar-refractivity contribution is -0.132. The molecule has 0 aliphatic heterocycles. The van der Waals surface area contributed by atoms with Gasteiger partial charge in [-0.05, 0) is 41.8 Å². The van der Waals surface area contributed by atoms with Crippen LogP contribution in [0.25, 0.3) is 6.08 Å². The molecule has 2 N–H and O–H groups in total. The van der Waals surface area contributed by atoms with Crippen LogP contribution in [0.1, 0.15) is 15.2 Å². The van der Waals surface area contributed by atoms with Gasteiger partial charge in [-0.25, -0.2) is 4.79 Å². The van der Waals surface area contributed by atoms with Crippen molar-refractivity contribution < 1.29 is 28.2 Å². The Bertz CT molecular complexity index is 712. The lowest BCUT2D eigenvalue weighted by Crippen LogP contribution is -2.27. The fraction of sp³-hybridized carbons (Fsp3) is 0.0667. The molecule has 2 aromatic rings. The number of carbonyl (C=O) groups excluding carboxylic acids is 1. The standard InChI is InChI=1S/C15H11F2NO4S/c16-15(17)22-10-5-3-9(4-6-10)13(19)18-12(14(20)21)8-11-2-1-7-23-11/h1-8,15H,(H,18,19)(H,20,21). The van der Waals surface area contributed by atoms with E-state index >= 15 is 0 Å². The lowest BCUT2D eigenvalue weighted by atomic mass is 10.2. The number of amides is 1. The van der Waals surface area contributed by atoms with Crippen molar-refractivity contribution in [2.45, 2.75) is 6.61 Å². The minimum absolute atomic E-state index is 0.0934. The highest BCUT2D eigenvalue weighted by Crippen LogP contribution is 2.16. The lowest BCUT2D eigenvalue weighted by Gasteiger charge is -2.07. The van der Waals surface area contributed by atoms with Gasteiger partial charge in [-0.1, -0.05) is 6.07 Å². The minimum Gasteiger partial charge on any atom is -0.477 e. The average molecular weight is 339 g/mol. The van der Waals surface area contributed by atoms with Gasteiger partial charge in [0, 0.05) is 10.4 Å². The summed E-state index contributed by atoms with van der Waals surface area (Å²) in [6.45, 7) is -2.96. The number of carboxylic acid groups (broad SMARTS) is 1. The van der Waals surface area contributed by atoms with Crippen LogP contribution >= 0.6 is 11.3 Å². The third-order valence-electron chi connectivity index (χ3n) is 2.65. The number of thiophene rings is 1. The van der Waals surface area contributed by atoms with E-state index in [0.29, 0.717) is 4.88 Å². The molecule has 5 nitrogen and oxygen atoms in total. The Kier molecular flexibility index (Phi) is 5.42. The predicted octanol–water partition coefficient (Wildman–Crippen LogP) is 3.21. The maximum atomic E-state index is 12.0. The molecule has 2 rings (SSSR count). The second kappa shape index (κ2) is 7.50. The molecule has 0 spiro atoms. The second-order valence-electron chi connectivity index (χ2n) is 4.24. The quantitative estimate of drug-likeness (QED) is 0.793. The Morgan fingerprint density at radius 2 is 1.91 bits per heavy atom. The number of hydrogen-bond donors (Lipinski definition) is 2. The molecule has 0 aliphatic carbocycles. The Labute approximate surface area is 133 Å². The van der Waals surface area contributed by atoms with E-state index in [-0.39, 0.29) is 17.0 Å². The predicted molar refractivity (Wildman–Crippen MR) is 80.5 cm³/mol. The number of hydrogen-bond acceptors (Lipinski definition) is 4. The summed E-state index contributed by atoms with van der Waals surface area (Å²) in [5, 5.41) is 13.2. The number of carbonyl (C=O) groups is 2. The molecule has 0 saturated heterocycles. The summed E-state index contributed by atoms with van der Waals surface area (Å²) in [5.74, 6) is -2.05. The molecule has 0 bridgehead atoms. The van der Waals surface area contributed by atoms with Crippen LogP contribution in [0.5, 0.6) is 5.75 Å². The van der Waals surface area contributed by atoms with Crippen molar-refractivity contribution in [2.75, 3.05) is 0 Å². The SMILES string of the molecule is O=C(O)C(=Cc1cccs1)NC(=O)c1ccc(OC(F)F)cc1. The fourth-order valence-electron chi connectivity index (χ4n) is 1.65. The molecule has 1 heterocycles. The van der Waals surface area contributed by atoms with Crippen molar-refractivity contribution in [1.29, 1.82) is 0 Å². The maximum Gasteiger partial charge on any atom is 0.387 e. The number of ether oxygens (including phenoxy) is 1. The summed E-state index contributed by atoms with van der Waals surface area (Å²) in [7, 11) is 0. The molecule has 0 unspecified atom stereocenters. The van der Waals surface area contributed by atoms with Crippen molar-refractivity contribution in [3.05, 3.63) is 57.9 Å². The Morgan fingerprint density at radius 3 is 2.43 bits per heavy atom. The van der Waals surface area contributed by atoms with Crippen molar-refractivity contribution >= 4 is 29.3 Å². The first-order valence-corrected chi connectivity index (χ1v) is 7.18. The van der Waals surface area contributed by atoms with Gasteiger partial charge < -0.3 is 15.2 Å². The highest BCUT2D eigenvalue weighted by atomic mass is 32.1. The molecule has 0 radical (unpaired) electrons. The third-order valence-corrected chi connectivity index (χ3v) is 3.47. The number of rotatable bonds is 6. The largest absolute Gasteiger partial charge is 0.477 e. The van der Waals surface area contributed by atoms with Crippen molar-refractivity contribution in [3.63, 3.8) is 0 Å². The van der Waals surface area contributed by atoms with Crippen LogP contribution in [0, 0.1) is 0 Å². The van der Waals surface area contributed by atoms with Gasteiger partial charge in [0.1, 0.15) is 11.4 Å². The first kappa shape index (κ1) is 16.6. The van der Waals surface area contributed by atoms with Gasteiger partial charge >= 0.3 is 12.6 Å². The van der Waals surface area contributed by atoms with E-state index in [9.17, 15) is 18.4 Å². The first-order chi connectivity index (χ1) is 11.0. The van der Waals surface area contributed by atoms with Crippen LogP contribution in [-0.4, -0.2) is 23.6 Å². The van der Waals surface area contributed by atoms with E-state index in [1.54, 1.807) is 17.5 Å². The van der Waals surface area contributed by atoms with Crippen LogP contribution in [0.15, 0.2) is 47.5 Å². The van der Waals surface area contributed by atoms with Gasteiger partial charge in [0.15, 0.2) is 0 Å². The Balaban J connectivity index is 2.11. The first-order valence-electron chi connectivity index (χ1n) is 6.30. The van der Waals surface area contributed by atoms with Crippen molar-refractivity contribution in [2.24, 2.45) is 0 Å². The van der Waals surface area contributed by atoms with Gasteiger partial charge in [0.05, 0.1) is 0 Å². The molecule has 0 fully saturated rings. The van der Waals surface area contributed by atoms with Gasteiger partial charge in [0.2, 0.25) is 0 Å². The van der Waals surface area contributed by atoms with E-state index in [4.69, 9.17) is 5.11 Å². The smallest absolute Gasteiger partial charge is 0.387 e. The van der Waals surface area contributed by atoms with Crippen molar-refractivity contribution in [3.8, 4) is 5.75 Å². The third kappa shape index (κ3) is 4.89. The number of alkyl halides is 2. The number of aliphatic carboxylic acids is 1. The zero-order valence-electron chi connectivity index (χ0n) is 11.5. The van der Waals surface area contributed by atoms with E-state index < -0.39 is 18.5 Å². The molecule has 0 saturated carbocycles. The highest BCUT2D eigenvalue weighted by Gasteiger charge is 2.14. The van der Waals surface area contributed by atoms with Crippen molar-refractivity contribution in [1.82, 2.24) is 5.32 Å². The molecular weight excluding hydrogens is 328 g/mol. The molecule has 0 atom stereocenters. The molecule has 23 heavy (non-hydrogen) atoms. The zero-order valence-corrected chi connectivity index (χ0v) is 12.3. The number of halogens is 2. The number of nitrogens with one attached hydrogen (secondary N) is 1. The molecular formula is C15H11F2NO4S. The van der Waals surface area contributed by atoms with E-state index in [1.165, 1.54) is 41.7 Å². The average Bonchev–Trinajstić information content (AvgIpc) is 2.99. The van der Waals surface area contributed by atoms with E-state index in [1.807, 2.05) is 0 Å². The molecule has 1 amide bonds. The number of carboxylic acids is 1. The topological polar surface area (TPSA) is 75.6 Å².